The first kappa shape index (κ1) is 27.9. The van der Waals surface area contributed by atoms with Crippen molar-refractivity contribution in [1.82, 2.24) is 20.0 Å². The van der Waals surface area contributed by atoms with Gasteiger partial charge in [0.15, 0.2) is 11.5 Å². The molecule has 1 fully saturated rings. The summed E-state index contributed by atoms with van der Waals surface area (Å²) in [6.45, 7) is 6.92. The fourth-order valence-corrected chi connectivity index (χ4v) is 5.83. The number of hydrogen-bond donors (Lipinski definition) is 2. The van der Waals surface area contributed by atoms with Gasteiger partial charge in [0.1, 0.15) is 11.9 Å². The van der Waals surface area contributed by atoms with Gasteiger partial charge in [0, 0.05) is 61.1 Å². The van der Waals surface area contributed by atoms with Crippen molar-refractivity contribution in [1.29, 1.82) is 0 Å². The fourth-order valence-electron chi connectivity index (χ4n) is 5.83. The molecule has 2 aromatic carbocycles. The van der Waals surface area contributed by atoms with Gasteiger partial charge >= 0.3 is 0 Å². The number of carbonyl (C=O) groups is 1. The van der Waals surface area contributed by atoms with E-state index in [2.05, 4.69) is 63.6 Å². The zero-order valence-electron chi connectivity index (χ0n) is 24.6. The number of nitrogens with zero attached hydrogens (tertiary/aromatic N) is 5. The number of aromatic nitrogens is 3. The molecule has 1 saturated heterocycles. The summed E-state index contributed by atoms with van der Waals surface area (Å²) in [5.41, 5.74) is 7.77. The topological polar surface area (TPSA) is 109 Å². The Bertz CT molecular complexity index is 1560. The van der Waals surface area contributed by atoms with Crippen LogP contribution in [0.15, 0.2) is 53.2 Å². The van der Waals surface area contributed by atoms with Gasteiger partial charge in [-0.15, -0.1) is 0 Å². The number of anilines is 4. The van der Waals surface area contributed by atoms with Gasteiger partial charge in [-0.05, 0) is 68.1 Å². The second-order valence-electron chi connectivity index (χ2n) is 10.8. The lowest BCUT2D eigenvalue weighted by Crippen LogP contribution is -2.52. The number of benzene rings is 2. The maximum atomic E-state index is 13.4. The smallest absolute Gasteiger partial charge is 0.278 e. The van der Waals surface area contributed by atoms with Crippen LogP contribution in [0, 0.1) is 0 Å². The zero-order valence-corrected chi connectivity index (χ0v) is 24.6. The molecule has 0 saturated carbocycles. The monoisotopic (exact) mass is 567 g/mol. The van der Waals surface area contributed by atoms with Crippen LogP contribution in [0.3, 0.4) is 0 Å². The standard InChI is InChI=1S/C32H37N7O3/c1-5-20-8-7-9-21(6-2)27(20)35-31(40)29-25-15-10-22-18-33-32(36-28(22)30(25)42-37-29)34-23-11-13-24(14-12-23)39-17-16-38(3)19-26(39)41-4/h7-9,11-14,18,26H,5-6,10,15-17,19H2,1-4H3,(H,35,40)(H,33,34,36). The second kappa shape index (κ2) is 11.9. The highest BCUT2D eigenvalue weighted by Gasteiger charge is 2.30. The van der Waals surface area contributed by atoms with E-state index in [-0.39, 0.29) is 12.1 Å². The van der Waals surface area contributed by atoms with Crippen molar-refractivity contribution >= 4 is 28.9 Å². The number of hydrogen-bond acceptors (Lipinski definition) is 9. The Labute approximate surface area is 246 Å². The molecule has 0 radical (unpaired) electrons. The molecule has 10 heteroatoms. The van der Waals surface area contributed by atoms with Crippen molar-refractivity contribution in [3.8, 4) is 11.5 Å². The van der Waals surface area contributed by atoms with Crippen molar-refractivity contribution in [2.45, 2.75) is 45.8 Å². The Balaban J connectivity index is 1.21. The summed E-state index contributed by atoms with van der Waals surface area (Å²) in [6.07, 6.45) is 4.83. The number of rotatable bonds is 8. The van der Waals surface area contributed by atoms with E-state index in [9.17, 15) is 4.79 Å². The van der Waals surface area contributed by atoms with Gasteiger partial charge in [0.05, 0.1) is 0 Å². The van der Waals surface area contributed by atoms with E-state index >= 15 is 0 Å². The summed E-state index contributed by atoms with van der Waals surface area (Å²) < 4.78 is 11.5. The second-order valence-corrected chi connectivity index (χ2v) is 10.8. The first-order valence-corrected chi connectivity index (χ1v) is 14.6. The predicted molar refractivity (Wildman–Crippen MR) is 163 cm³/mol. The van der Waals surface area contributed by atoms with Crippen LogP contribution in [0.25, 0.3) is 11.5 Å². The van der Waals surface area contributed by atoms with Gasteiger partial charge in [-0.2, -0.15) is 0 Å². The normalized spacial score (nSPS) is 16.6. The Morgan fingerprint density at radius 2 is 1.83 bits per heavy atom. The lowest BCUT2D eigenvalue weighted by atomic mass is 9.93. The molecular weight excluding hydrogens is 530 g/mol. The molecule has 42 heavy (non-hydrogen) atoms. The number of piperazine rings is 1. The number of amides is 1. The van der Waals surface area contributed by atoms with Crippen LogP contribution in [-0.2, 0) is 30.4 Å². The molecule has 2 aliphatic rings. The first-order chi connectivity index (χ1) is 20.5. The predicted octanol–water partition coefficient (Wildman–Crippen LogP) is 5.08. The average Bonchev–Trinajstić information content (AvgIpc) is 3.46. The van der Waals surface area contributed by atoms with Crippen LogP contribution in [0.5, 0.6) is 0 Å². The maximum Gasteiger partial charge on any atom is 0.278 e. The van der Waals surface area contributed by atoms with Crippen molar-refractivity contribution in [2.24, 2.45) is 0 Å². The van der Waals surface area contributed by atoms with Crippen LogP contribution >= 0.6 is 0 Å². The molecule has 1 atom stereocenters. The van der Waals surface area contributed by atoms with Crippen molar-refractivity contribution in [2.75, 3.05) is 49.3 Å². The van der Waals surface area contributed by atoms with Gasteiger partial charge in [-0.1, -0.05) is 37.2 Å². The third-order valence-electron chi connectivity index (χ3n) is 8.23. The minimum absolute atomic E-state index is 0.0182. The minimum atomic E-state index is -0.261. The quantitative estimate of drug-likeness (QED) is 0.301. The molecule has 1 aliphatic heterocycles. The first-order valence-electron chi connectivity index (χ1n) is 14.6. The van der Waals surface area contributed by atoms with E-state index in [0.29, 0.717) is 35.9 Å². The number of aryl methyl sites for hydroxylation is 3. The van der Waals surface area contributed by atoms with Gasteiger partial charge in [0.2, 0.25) is 5.95 Å². The number of likely N-dealkylation sites (N-methyl/N-ethyl adjacent to an activating group) is 1. The molecule has 4 aromatic rings. The maximum absolute atomic E-state index is 13.4. The Hall–Kier alpha value is -4.28. The van der Waals surface area contributed by atoms with Crippen LogP contribution in [-0.4, -0.2) is 66.0 Å². The summed E-state index contributed by atoms with van der Waals surface area (Å²) >= 11 is 0. The summed E-state index contributed by atoms with van der Waals surface area (Å²) in [4.78, 5) is 27.3. The number of nitrogens with one attached hydrogen (secondary N) is 2. The number of ether oxygens (including phenoxy) is 1. The lowest BCUT2D eigenvalue weighted by Gasteiger charge is -2.40. The summed E-state index contributed by atoms with van der Waals surface area (Å²) in [6, 6.07) is 14.3. The van der Waals surface area contributed by atoms with Gasteiger partial charge in [0.25, 0.3) is 5.91 Å². The molecule has 1 amide bonds. The lowest BCUT2D eigenvalue weighted by molar-refractivity contribution is 0.0498. The number of carbonyl (C=O) groups excluding carboxylic acids is 1. The fraction of sp³-hybridized carbons (Fsp3) is 0.375. The number of para-hydroxylation sites is 1. The molecule has 3 heterocycles. The number of fused-ring (bicyclic) bond motifs is 3. The molecule has 0 bridgehead atoms. The molecule has 10 nitrogen and oxygen atoms in total. The van der Waals surface area contributed by atoms with E-state index in [4.69, 9.17) is 14.2 Å². The highest BCUT2D eigenvalue weighted by molar-refractivity contribution is 6.05. The Kier molecular flexibility index (Phi) is 7.90. The SMILES string of the molecule is CCc1cccc(CC)c1NC(=O)c1noc2c1CCc1cnc(Nc3ccc(N4CCN(C)CC4OC)cc3)nc1-2. The van der Waals surface area contributed by atoms with Crippen molar-refractivity contribution < 1.29 is 14.1 Å². The summed E-state index contributed by atoms with van der Waals surface area (Å²) in [5.74, 6) is 0.723. The van der Waals surface area contributed by atoms with Gasteiger partial charge in [-0.3, -0.25) is 4.79 Å². The van der Waals surface area contributed by atoms with Crippen LogP contribution in [0.2, 0.25) is 0 Å². The van der Waals surface area contributed by atoms with Crippen LogP contribution in [0.1, 0.15) is 46.6 Å². The molecule has 1 aliphatic carbocycles. The van der Waals surface area contributed by atoms with Crippen LogP contribution < -0.4 is 15.5 Å². The molecule has 218 valence electrons. The van der Waals surface area contributed by atoms with Crippen LogP contribution in [0.4, 0.5) is 23.0 Å². The molecule has 6 rings (SSSR count). The third-order valence-corrected chi connectivity index (χ3v) is 8.23. The third kappa shape index (κ3) is 5.35. The Morgan fingerprint density at radius 3 is 2.55 bits per heavy atom. The van der Waals surface area contributed by atoms with E-state index < -0.39 is 0 Å². The van der Waals surface area contributed by atoms with E-state index in [1.165, 1.54) is 0 Å². The minimum Gasteiger partial charge on any atom is -0.360 e. The van der Waals surface area contributed by atoms with E-state index in [1.807, 2.05) is 36.5 Å². The highest BCUT2D eigenvalue weighted by atomic mass is 16.5. The van der Waals surface area contributed by atoms with Crippen molar-refractivity contribution in [3.63, 3.8) is 0 Å². The van der Waals surface area contributed by atoms with Gasteiger partial charge < -0.3 is 29.7 Å². The van der Waals surface area contributed by atoms with E-state index in [1.54, 1.807) is 7.11 Å². The largest absolute Gasteiger partial charge is 0.360 e. The Morgan fingerprint density at radius 1 is 1.07 bits per heavy atom. The summed E-state index contributed by atoms with van der Waals surface area (Å²) in [7, 11) is 3.87. The molecule has 1 unspecified atom stereocenters. The molecular formula is C32H37N7O3. The van der Waals surface area contributed by atoms with Gasteiger partial charge in [-0.25, -0.2) is 9.97 Å². The summed E-state index contributed by atoms with van der Waals surface area (Å²) in [5, 5.41) is 10.6. The molecule has 2 aromatic heterocycles. The van der Waals surface area contributed by atoms with E-state index in [0.717, 1.165) is 71.8 Å². The average molecular weight is 568 g/mol. The highest BCUT2D eigenvalue weighted by Crippen LogP contribution is 2.35. The molecule has 2 N–H and O–H groups in total. The zero-order chi connectivity index (χ0) is 29.2. The number of methoxy groups -OCH3 is 1. The van der Waals surface area contributed by atoms with Crippen molar-refractivity contribution in [3.05, 3.63) is 76.6 Å². The molecule has 0 spiro atoms.